The maximum Gasteiger partial charge on any atom is 0.417 e. The van der Waals surface area contributed by atoms with Gasteiger partial charge < -0.3 is 19.4 Å². The lowest BCUT2D eigenvalue weighted by Gasteiger charge is -2.33. The summed E-state index contributed by atoms with van der Waals surface area (Å²) in [6.45, 7) is 0.694. The van der Waals surface area contributed by atoms with Crippen molar-refractivity contribution < 1.29 is 30.6 Å². The van der Waals surface area contributed by atoms with Crippen LogP contribution in [-0.4, -0.2) is 41.9 Å². The number of anilines is 1. The molecule has 0 atom stereocenters. The fourth-order valence-electron chi connectivity index (χ4n) is 4.75. The molecule has 0 saturated carbocycles. The molecule has 0 aliphatic carbocycles. The molecular weight excluding hydrogens is 581 g/mol. The summed E-state index contributed by atoms with van der Waals surface area (Å²) in [6.07, 6.45) is -0.166. The summed E-state index contributed by atoms with van der Waals surface area (Å²) in [5.41, 5.74) is 6.43. The van der Waals surface area contributed by atoms with E-state index in [4.69, 9.17) is 21.5 Å². The summed E-state index contributed by atoms with van der Waals surface area (Å²) in [4.78, 5) is 18.7. The van der Waals surface area contributed by atoms with Gasteiger partial charge in [-0.3, -0.25) is 4.79 Å². The number of benzene rings is 3. The van der Waals surface area contributed by atoms with Crippen molar-refractivity contribution in [2.75, 3.05) is 18.8 Å². The topological polar surface area (TPSA) is 108 Å². The summed E-state index contributed by atoms with van der Waals surface area (Å²) in [7, 11) is -4.06. The number of piperidine rings is 1. The molecule has 0 bridgehead atoms. The molecule has 214 valence electrons. The van der Waals surface area contributed by atoms with E-state index in [1.165, 1.54) is 29.2 Å². The van der Waals surface area contributed by atoms with Crippen molar-refractivity contribution in [2.24, 2.45) is 0 Å². The fourth-order valence-corrected chi connectivity index (χ4v) is 5.96. The summed E-state index contributed by atoms with van der Waals surface area (Å²) in [6, 6.07) is 15.5. The number of amides is 1. The monoisotopic (exact) mass is 604 g/mol. The van der Waals surface area contributed by atoms with Crippen LogP contribution in [0.2, 0.25) is 5.02 Å². The summed E-state index contributed by atoms with van der Waals surface area (Å²) >= 11 is 5.69. The van der Waals surface area contributed by atoms with Crippen molar-refractivity contribution in [2.45, 2.75) is 30.0 Å². The first kappa shape index (κ1) is 28.5. The minimum absolute atomic E-state index is 0.00709. The number of hydrogen-bond acceptors (Lipinski definition) is 6. The molecule has 0 spiro atoms. The predicted octanol–water partition coefficient (Wildman–Crippen LogP) is 6.05. The largest absolute Gasteiger partial charge is 0.417 e. The van der Waals surface area contributed by atoms with E-state index in [2.05, 4.69) is 4.98 Å². The highest BCUT2D eigenvalue weighted by Crippen LogP contribution is 2.36. The second kappa shape index (κ2) is 11.1. The molecule has 3 aromatic carbocycles. The molecule has 13 heteroatoms. The van der Waals surface area contributed by atoms with Gasteiger partial charge in [-0.2, -0.15) is 21.6 Å². The lowest BCUT2D eigenvalue weighted by Crippen LogP contribution is -2.39. The van der Waals surface area contributed by atoms with Gasteiger partial charge in [-0.05, 0) is 73.5 Å². The third-order valence-corrected chi connectivity index (χ3v) is 8.41. The van der Waals surface area contributed by atoms with Crippen molar-refractivity contribution in [3.8, 4) is 17.0 Å². The maximum atomic E-state index is 13.2. The second-order valence-corrected chi connectivity index (χ2v) is 11.5. The van der Waals surface area contributed by atoms with Crippen LogP contribution in [0.5, 0.6) is 5.75 Å². The van der Waals surface area contributed by atoms with E-state index in [-0.39, 0.29) is 22.3 Å². The molecule has 1 aromatic heterocycles. The van der Waals surface area contributed by atoms with E-state index >= 15 is 0 Å². The molecule has 41 heavy (non-hydrogen) atoms. The third-order valence-electron chi connectivity index (χ3n) is 6.83. The SMILES string of the molecule is Nc1cccc(S(=O)(=O)Oc2ccc(-c3cncn3C3CCN(C(=O)c4ccc(Cl)c(C(F)(F)F)c4)CC3)cc2)c1. The average molecular weight is 605 g/mol. The van der Waals surface area contributed by atoms with E-state index in [9.17, 15) is 26.4 Å². The first-order valence-electron chi connectivity index (χ1n) is 12.5. The zero-order valence-corrected chi connectivity index (χ0v) is 23.0. The number of halogens is 4. The smallest absolute Gasteiger partial charge is 0.399 e. The van der Waals surface area contributed by atoms with Crippen LogP contribution in [0.25, 0.3) is 11.3 Å². The molecule has 2 N–H and O–H groups in total. The first-order valence-corrected chi connectivity index (χ1v) is 14.3. The van der Waals surface area contributed by atoms with Gasteiger partial charge in [0.25, 0.3) is 5.91 Å². The quantitative estimate of drug-likeness (QED) is 0.212. The molecule has 2 heterocycles. The zero-order valence-electron chi connectivity index (χ0n) is 21.4. The lowest BCUT2D eigenvalue weighted by atomic mass is 10.0. The molecule has 8 nitrogen and oxygen atoms in total. The first-order chi connectivity index (χ1) is 19.4. The molecule has 4 aromatic rings. The highest BCUT2D eigenvalue weighted by Gasteiger charge is 2.34. The Morgan fingerprint density at radius 1 is 1.02 bits per heavy atom. The van der Waals surface area contributed by atoms with Crippen molar-refractivity contribution in [1.82, 2.24) is 14.5 Å². The second-order valence-electron chi connectivity index (χ2n) is 9.54. The van der Waals surface area contributed by atoms with Crippen LogP contribution in [0, 0.1) is 0 Å². The summed E-state index contributed by atoms with van der Waals surface area (Å²) < 4.78 is 72.1. The highest BCUT2D eigenvalue weighted by molar-refractivity contribution is 7.87. The van der Waals surface area contributed by atoms with Crippen LogP contribution in [0.3, 0.4) is 0 Å². The Morgan fingerprint density at radius 3 is 2.39 bits per heavy atom. The average Bonchev–Trinajstić information content (AvgIpc) is 3.43. The number of carbonyl (C=O) groups excluding carboxylic acids is 1. The Morgan fingerprint density at radius 2 is 1.73 bits per heavy atom. The molecule has 1 fully saturated rings. The lowest BCUT2D eigenvalue weighted by molar-refractivity contribution is -0.137. The van der Waals surface area contributed by atoms with Crippen LogP contribution < -0.4 is 9.92 Å². The Labute approximate surface area is 239 Å². The molecular formula is C28H24ClF3N4O4S. The predicted molar refractivity (Wildman–Crippen MR) is 147 cm³/mol. The van der Waals surface area contributed by atoms with Gasteiger partial charge >= 0.3 is 16.3 Å². The van der Waals surface area contributed by atoms with Crippen molar-refractivity contribution in [3.63, 3.8) is 0 Å². The minimum Gasteiger partial charge on any atom is -0.399 e. The third kappa shape index (κ3) is 6.18. The van der Waals surface area contributed by atoms with E-state index in [0.29, 0.717) is 31.6 Å². The molecule has 0 radical (unpaired) electrons. The van der Waals surface area contributed by atoms with Gasteiger partial charge in [-0.25, -0.2) is 4.98 Å². The summed E-state index contributed by atoms with van der Waals surface area (Å²) in [5.74, 6) is -0.356. The molecule has 1 aliphatic heterocycles. The van der Waals surface area contributed by atoms with Gasteiger partial charge in [0, 0.05) is 35.9 Å². The van der Waals surface area contributed by atoms with E-state index in [1.54, 1.807) is 42.9 Å². The molecule has 5 rings (SSSR count). The maximum absolute atomic E-state index is 13.2. The number of nitrogen functional groups attached to an aromatic ring is 1. The molecule has 1 saturated heterocycles. The highest BCUT2D eigenvalue weighted by atomic mass is 35.5. The number of imidazole rings is 1. The van der Waals surface area contributed by atoms with E-state index in [0.717, 1.165) is 23.4 Å². The standard InChI is InChI=1S/C28H24ClF3N4O4S/c29-25-9-6-19(14-24(25)28(30,31)32)27(37)35-12-10-21(11-13-35)36-17-34-16-26(36)18-4-7-22(8-5-18)40-41(38,39)23-3-1-2-20(33)15-23/h1-9,14-17,21H,10-13,33H2. The zero-order chi connectivity index (χ0) is 29.4. The van der Waals surface area contributed by atoms with Crippen LogP contribution in [0.4, 0.5) is 18.9 Å². The van der Waals surface area contributed by atoms with Gasteiger partial charge in [0.2, 0.25) is 0 Å². The summed E-state index contributed by atoms with van der Waals surface area (Å²) in [5, 5.41) is -0.456. The number of rotatable bonds is 6. The van der Waals surface area contributed by atoms with E-state index in [1.807, 2.05) is 4.57 Å². The van der Waals surface area contributed by atoms with Gasteiger partial charge in [0.1, 0.15) is 10.6 Å². The Bertz CT molecular complexity index is 1680. The number of aromatic nitrogens is 2. The van der Waals surface area contributed by atoms with Crippen molar-refractivity contribution >= 4 is 33.3 Å². The molecule has 1 amide bonds. The molecule has 1 aliphatic rings. The normalized spacial score (nSPS) is 14.7. The fraction of sp³-hybridized carbons (Fsp3) is 0.214. The van der Waals surface area contributed by atoms with E-state index < -0.39 is 32.8 Å². The van der Waals surface area contributed by atoms with Crippen LogP contribution in [0.15, 0.2) is 84.1 Å². The minimum atomic E-state index is -4.66. The molecule has 0 unspecified atom stereocenters. The van der Waals surface area contributed by atoms with Crippen LogP contribution in [0.1, 0.15) is 34.8 Å². The number of nitrogens with zero attached hydrogens (tertiary/aromatic N) is 3. The number of carbonyl (C=O) groups is 1. The van der Waals surface area contributed by atoms with Gasteiger partial charge in [-0.15, -0.1) is 0 Å². The Kier molecular flexibility index (Phi) is 7.71. The van der Waals surface area contributed by atoms with Gasteiger partial charge in [0.15, 0.2) is 0 Å². The van der Waals surface area contributed by atoms with Crippen molar-refractivity contribution in [1.29, 1.82) is 0 Å². The van der Waals surface area contributed by atoms with Crippen molar-refractivity contribution in [3.05, 3.63) is 95.4 Å². The van der Waals surface area contributed by atoms with Crippen LogP contribution >= 0.6 is 11.6 Å². The van der Waals surface area contributed by atoms with Gasteiger partial charge in [-0.1, -0.05) is 17.7 Å². The number of hydrogen-bond donors (Lipinski definition) is 1. The van der Waals surface area contributed by atoms with Gasteiger partial charge in [0.05, 0.1) is 28.8 Å². The Hall–Kier alpha value is -4.03. The number of likely N-dealkylation sites (tertiary alicyclic amines) is 1. The number of nitrogens with two attached hydrogens (primary N) is 1. The van der Waals surface area contributed by atoms with Crippen LogP contribution in [-0.2, 0) is 16.3 Å². The number of alkyl halides is 3. The Balaban J connectivity index is 1.26.